The SMILES string of the molecule is O=S(=O)(NC1CCCCC1)c1cncc(C#CCCO)c1. The summed E-state index contributed by atoms with van der Waals surface area (Å²) in [4.78, 5) is 4.08. The fourth-order valence-corrected chi connectivity index (χ4v) is 3.65. The Hall–Kier alpha value is -1.42. The van der Waals surface area contributed by atoms with Crippen molar-refractivity contribution in [2.24, 2.45) is 0 Å². The van der Waals surface area contributed by atoms with Crippen LogP contribution >= 0.6 is 0 Å². The van der Waals surface area contributed by atoms with Gasteiger partial charge in [-0.25, -0.2) is 13.1 Å². The van der Waals surface area contributed by atoms with E-state index in [1.54, 1.807) is 0 Å². The monoisotopic (exact) mass is 308 g/mol. The van der Waals surface area contributed by atoms with Crippen LogP contribution in [0.3, 0.4) is 0 Å². The first kappa shape index (κ1) is 16.0. The zero-order chi connectivity index (χ0) is 15.1. The minimum atomic E-state index is -3.54. The molecule has 21 heavy (non-hydrogen) atoms. The Balaban J connectivity index is 2.12. The smallest absolute Gasteiger partial charge is 0.242 e. The van der Waals surface area contributed by atoms with Gasteiger partial charge in [-0.3, -0.25) is 4.98 Å². The summed E-state index contributed by atoms with van der Waals surface area (Å²) >= 11 is 0. The Morgan fingerprint density at radius 3 is 2.76 bits per heavy atom. The van der Waals surface area contributed by atoms with Crippen LogP contribution in [0.2, 0.25) is 0 Å². The van der Waals surface area contributed by atoms with Crippen molar-refractivity contribution in [2.45, 2.75) is 49.5 Å². The van der Waals surface area contributed by atoms with E-state index >= 15 is 0 Å². The summed E-state index contributed by atoms with van der Waals surface area (Å²) in [5.41, 5.74) is 0.537. The number of rotatable bonds is 4. The molecule has 2 rings (SSSR count). The van der Waals surface area contributed by atoms with Gasteiger partial charge >= 0.3 is 0 Å². The average Bonchev–Trinajstić information content (AvgIpc) is 2.48. The highest BCUT2D eigenvalue weighted by Crippen LogP contribution is 2.20. The molecule has 1 aliphatic rings. The molecule has 6 heteroatoms. The van der Waals surface area contributed by atoms with Crippen LogP contribution in [0.5, 0.6) is 0 Å². The van der Waals surface area contributed by atoms with Crippen molar-refractivity contribution in [3.63, 3.8) is 0 Å². The van der Waals surface area contributed by atoms with Gasteiger partial charge < -0.3 is 5.11 Å². The van der Waals surface area contributed by atoms with Gasteiger partial charge in [-0.2, -0.15) is 0 Å². The van der Waals surface area contributed by atoms with Gasteiger partial charge in [-0.15, -0.1) is 0 Å². The predicted octanol–water partition coefficient (Wildman–Crippen LogP) is 1.43. The minimum absolute atomic E-state index is 0.0122. The van der Waals surface area contributed by atoms with Crippen LogP contribution < -0.4 is 4.72 Å². The third-order valence-electron chi connectivity index (χ3n) is 3.42. The molecular weight excluding hydrogens is 288 g/mol. The molecular formula is C15H20N2O3S. The van der Waals surface area contributed by atoms with Gasteiger partial charge in [0, 0.05) is 30.4 Å². The van der Waals surface area contributed by atoms with Gasteiger partial charge in [0.2, 0.25) is 10.0 Å². The second-order valence-electron chi connectivity index (χ2n) is 5.14. The number of nitrogens with one attached hydrogen (secondary N) is 1. The molecule has 1 fully saturated rings. The molecule has 1 heterocycles. The highest BCUT2D eigenvalue weighted by Gasteiger charge is 2.22. The number of hydrogen-bond donors (Lipinski definition) is 2. The number of pyridine rings is 1. The van der Waals surface area contributed by atoms with E-state index in [0.717, 1.165) is 25.7 Å². The molecule has 0 unspecified atom stereocenters. The van der Waals surface area contributed by atoms with Gasteiger partial charge in [0.1, 0.15) is 4.90 Å². The van der Waals surface area contributed by atoms with Crippen LogP contribution in [0.15, 0.2) is 23.4 Å². The van der Waals surface area contributed by atoms with E-state index < -0.39 is 10.0 Å². The van der Waals surface area contributed by atoms with Crippen molar-refractivity contribution < 1.29 is 13.5 Å². The lowest BCUT2D eigenvalue weighted by atomic mass is 9.96. The number of nitrogens with zero attached hydrogens (tertiary/aromatic N) is 1. The summed E-state index contributed by atoms with van der Waals surface area (Å²) in [7, 11) is -3.54. The van der Waals surface area contributed by atoms with Crippen LogP contribution in [0.4, 0.5) is 0 Å². The number of aliphatic hydroxyl groups is 1. The Morgan fingerprint density at radius 1 is 1.29 bits per heavy atom. The predicted molar refractivity (Wildman–Crippen MR) is 80.0 cm³/mol. The fourth-order valence-electron chi connectivity index (χ4n) is 2.36. The Labute approximate surface area is 125 Å². The van der Waals surface area contributed by atoms with E-state index in [9.17, 15) is 8.42 Å². The summed E-state index contributed by atoms with van der Waals surface area (Å²) in [5, 5.41) is 8.69. The molecule has 1 aromatic rings. The third kappa shape index (κ3) is 4.81. The second-order valence-corrected chi connectivity index (χ2v) is 6.85. The third-order valence-corrected chi connectivity index (χ3v) is 4.91. The fraction of sp³-hybridized carbons (Fsp3) is 0.533. The topological polar surface area (TPSA) is 79.3 Å². The van der Waals surface area contributed by atoms with Crippen LogP contribution in [-0.4, -0.2) is 31.2 Å². The van der Waals surface area contributed by atoms with Crippen molar-refractivity contribution in [2.75, 3.05) is 6.61 Å². The molecule has 0 radical (unpaired) electrons. The summed E-state index contributed by atoms with van der Waals surface area (Å²) in [6.07, 6.45) is 8.31. The zero-order valence-corrected chi connectivity index (χ0v) is 12.7. The average molecular weight is 308 g/mol. The maximum atomic E-state index is 12.3. The van der Waals surface area contributed by atoms with Crippen molar-refractivity contribution in [1.29, 1.82) is 0 Å². The molecule has 114 valence electrons. The molecule has 0 spiro atoms. The number of sulfonamides is 1. The molecule has 0 aliphatic heterocycles. The van der Waals surface area contributed by atoms with Crippen molar-refractivity contribution >= 4 is 10.0 Å². The molecule has 0 atom stereocenters. The minimum Gasteiger partial charge on any atom is -0.395 e. The van der Waals surface area contributed by atoms with E-state index in [2.05, 4.69) is 21.5 Å². The van der Waals surface area contributed by atoms with E-state index in [1.807, 2.05) is 0 Å². The Bertz CT molecular complexity index is 626. The number of aliphatic hydroxyl groups excluding tert-OH is 1. The van der Waals surface area contributed by atoms with Gasteiger partial charge in [-0.1, -0.05) is 31.1 Å². The van der Waals surface area contributed by atoms with Crippen molar-refractivity contribution in [3.05, 3.63) is 24.0 Å². The highest BCUT2D eigenvalue weighted by atomic mass is 32.2. The normalized spacial score (nSPS) is 16.2. The van der Waals surface area contributed by atoms with Crippen LogP contribution in [-0.2, 0) is 10.0 Å². The molecule has 1 aromatic heterocycles. The quantitative estimate of drug-likeness (QED) is 0.825. The lowest BCUT2D eigenvalue weighted by Gasteiger charge is -2.22. The largest absolute Gasteiger partial charge is 0.395 e. The summed E-state index contributed by atoms with van der Waals surface area (Å²) in [6.45, 7) is -0.0122. The molecule has 0 saturated heterocycles. The van der Waals surface area contributed by atoms with E-state index in [-0.39, 0.29) is 17.5 Å². The molecule has 5 nitrogen and oxygen atoms in total. The Kier molecular flexibility index (Phi) is 5.74. The maximum Gasteiger partial charge on any atom is 0.242 e. The molecule has 1 saturated carbocycles. The summed E-state index contributed by atoms with van der Waals surface area (Å²) in [5.74, 6) is 5.55. The maximum absolute atomic E-state index is 12.3. The molecule has 2 N–H and O–H groups in total. The first-order valence-electron chi connectivity index (χ1n) is 7.19. The first-order valence-corrected chi connectivity index (χ1v) is 8.67. The van der Waals surface area contributed by atoms with Crippen LogP contribution in [0.1, 0.15) is 44.1 Å². The van der Waals surface area contributed by atoms with Gasteiger partial charge in [0.25, 0.3) is 0 Å². The van der Waals surface area contributed by atoms with Crippen LogP contribution in [0.25, 0.3) is 0 Å². The summed E-state index contributed by atoms with van der Waals surface area (Å²) in [6, 6.07) is 1.54. The second kappa shape index (κ2) is 7.55. The standard InChI is InChI=1S/C15H20N2O3S/c18-9-5-4-6-13-10-15(12-16-11-13)21(19,20)17-14-7-2-1-3-8-14/h10-12,14,17-18H,1-3,5,7-9H2. The lowest BCUT2D eigenvalue weighted by Crippen LogP contribution is -2.36. The van der Waals surface area contributed by atoms with Crippen molar-refractivity contribution in [3.8, 4) is 11.8 Å². The molecule has 1 aliphatic carbocycles. The lowest BCUT2D eigenvalue weighted by molar-refractivity contribution is 0.305. The summed E-state index contributed by atoms with van der Waals surface area (Å²) < 4.78 is 27.4. The molecule has 0 bridgehead atoms. The highest BCUT2D eigenvalue weighted by molar-refractivity contribution is 7.89. The van der Waals surface area contributed by atoms with Gasteiger partial charge in [0.15, 0.2) is 0 Å². The van der Waals surface area contributed by atoms with E-state index in [4.69, 9.17) is 5.11 Å². The van der Waals surface area contributed by atoms with Crippen LogP contribution in [0, 0.1) is 11.8 Å². The first-order chi connectivity index (χ1) is 10.1. The van der Waals surface area contributed by atoms with E-state index in [1.165, 1.54) is 24.9 Å². The number of aromatic nitrogens is 1. The van der Waals surface area contributed by atoms with E-state index in [0.29, 0.717) is 12.0 Å². The zero-order valence-electron chi connectivity index (χ0n) is 11.9. The molecule has 0 aromatic carbocycles. The molecule has 0 amide bonds. The van der Waals surface area contributed by atoms with Gasteiger partial charge in [0.05, 0.1) is 6.61 Å². The Morgan fingerprint density at radius 2 is 2.05 bits per heavy atom. The number of hydrogen-bond acceptors (Lipinski definition) is 4. The van der Waals surface area contributed by atoms with Gasteiger partial charge in [-0.05, 0) is 18.9 Å². The van der Waals surface area contributed by atoms with Crippen molar-refractivity contribution in [1.82, 2.24) is 9.71 Å².